The lowest BCUT2D eigenvalue weighted by molar-refractivity contribution is 0.122. The van der Waals surface area contributed by atoms with Gasteiger partial charge in [0.05, 0.1) is 49.0 Å². The number of halogens is 1. The largest absolute Gasteiger partial charge is 0.378 e. The lowest BCUT2D eigenvalue weighted by atomic mass is 10.0. The van der Waals surface area contributed by atoms with Crippen LogP contribution in [0, 0.1) is 0 Å². The van der Waals surface area contributed by atoms with E-state index in [-0.39, 0.29) is 0 Å². The summed E-state index contributed by atoms with van der Waals surface area (Å²) in [5.74, 6) is 1.88. The van der Waals surface area contributed by atoms with Crippen LogP contribution in [0.1, 0.15) is 17.0 Å². The fraction of sp³-hybridized carbons (Fsp3) is 0.370. The fourth-order valence-electron chi connectivity index (χ4n) is 5.67. The minimum atomic E-state index is 0.708. The van der Waals surface area contributed by atoms with Gasteiger partial charge in [-0.05, 0) is 23.9 Å². The summed E-state index contributed by atoms with van der Waals surface area (Å²) < 4.78 is 7.83. The third kappa shape index (κ3) is 3.76. The van der Waals surface area contributed by atoms with E-state index in [1.54, 1.807) is 0 Å². The van der Waals surface area contributed by atoms with Crippen LogP contribution >= 0.6 is 11.6 Å². The Morgan fingerprint density at radius 1 is 0.833 bits per heavy atom. The highest BCUT2D eigenvalue weighted by Gasteiger charge is 2.29. The molecule has 7 rings (SSSR count). The van der Waals surface area contributed by atoms with Gasteiger partial charge in [0.1, 0.15) is 5.82 Å². The molecular weight excluding hydrogens is 474 g/mol. The topological polar surface area (TPSA) is 62.6 Å². The lowest BCUT2D eigenvalue weighted by Crippen LogP contribution is -2.40. The van der Waals surface area contributed by atoms with Gasteiger partial charge in [0.15, 0.2) is 0 Å². The van der Waals surface area contributed by atoms with Gasteiger partial charge in [-0.15, -0.1) is 0 Å². The van der Waals surface area contributed by atoms with Crippen molar-refractivity contribution in [2.24, 2.45) is 0 Å². The van der Waals surface area contributed by atoms with E-state index in [4.69, 9.17) is 26.3 Å². The monoisotopic (exact) mass is 501 g/mol. The van der Waals surface area contributed by atoms with E-state index in [0.717, 1.165) is 85.5 Å². The summed E-state index contributed by atoms with van der Waals surface area (Å²) in [4.78, 5) is 21.7. The van der Waals surface area contributed by atoms with E-state index in [0.29, 0.717) is 13.2 Å². The van der Waals surface area contributed by atoms with E-state index in [2.05, 4.69) is 48.5 Å². The second-order valence-corrected chi connectivity index (χ2v) is 10.1. The number of hydrogen-bond donors (Lipinski definition) is 0. The Morgan fingerprint density at radius 3 is 2.58 bits per heavy atom. The van der Waals surface area contributed by atoms with Crippen LogP contribution in [-0.2, 0) is 30.8 Å². The number of ether oxygens (including phenoxy) is 1. The molecular formula is C27H28ClN7O. The second-order valence-electron chi connectivity index (χ2n) is 9.66. The molecule has 1 fully saturated rings. The number of morpholine rings is 1. The van der Waals surface area contributed by atoms with Gasteiger partial charge >= 0.3 is 0 Å². The Labute approximate surface area is 215 Å². The molecule has 0 N–H and O–H groups in total. The molecule has 0 spiro atoms. The van der Waals surface area contributed by atoms with Crippen molar-refractivity contribution in [2.45, 2.75) is 26.1 Å². The summed E-state index contributed by atoms with van der Waals surface area (Å²) in [6.45, 7) is 7.32. The fourth-order valence-corrected chi connectivity index (χ4v) is 5.95. The molecule has 3 aliphatic heterocycles. The standard InChI is InChI=1S/C27H28ClN7O/c28-22-5-1-3-19-4-2-6-24(25(19)22)33-8-7-21-23(17-33)30-27(32-11-13-36-14-12-32)31-26(21)34-9-10-35-18-29-15-20(35)16-34/h1-6,15,18H,7-14,16-17H2. The Balaban J connectivity index is 1.29. The van der Waals surface area contributed by atoms with Crippen molar-refractivity contribution in [3.05, 3.63) is 70.9 Å². The Morgan fingerprint density at radius 2 is 1.69 bits per heavy atom. The first-order valence-corrected chi connectivity index (χ1v) is 13.0. The first-order chi connectivity index (χ1) is 17.7. The van der Waals surface area contributed by atoms with Gasteiger partial charge in [0.2, 0.25) is 5.95 Å². The summed E-state index contributed by atoms with van der Waals surface area (Å²) in [7, 11) is 0. The molecule has 1 saturated heterocycles. The van der Waals surface area contributed by atoms with Crippen LogP contribution < -0.4 is 14.7 Å². The lowest BCUT2D eigenvalue weighted by Gasteiger charge is -2.37. The number of anilines is 3. The predicted octanol–water partition coefficient (Wildman–Crippen LogP) is 3.90. The molecule has 9 heteroatoms. The molecule has 0 saturated carbocycles. The maximum absolute atomic E-state index is 6.68. The minimum Gasteiger partial charge on any atom is -0.378 e. The van der Waals surface area contributed by atoms with Gasteiger partial charge < -0.3 is 24.0 Å². The van der Waals surface area contributed by atoms with Crippen LogP contribution in [0.4, 0.5) is 17.5 Å². The molecule has 2 aromatic carbocycles. The highest BCUT2D eigenvalue weighted by molar-refractivity contribution is 6.36. The molecule has 3 aliphatic rings. The maximum atomic E-state index is 6.68. The quantitative estimate of drug-likeness (QED) is 0.422. The van der Waals surface area contributed by atoms with Gasteiger partial charge in [-0.2, -0.15) is 4.98 Å². The van der Waals surface area contributed by atoms with Crippen molar-refractivity contribution >= 4 is 39.8 Å². The number of imidazole rings is 1. The van der Waals surface area contributed by atoms with Crippen molar-refractivity contribution in [3.63, 3.8) is 0 Å². The highest BCUT2D eigenvalue weighted by atomic mass is 35.5. The molecule has 0 atom stereocenters. The van der Waals surface area contributed by atoms with Crippen LogP contribution in [0.3, 0.4) is 0 Å². The van der Waals surface area contributed by atoms with Crippen molar-refractivity contribution in [2.75, 3.05) is 54.1 Å². The zero-order valence-corrected chi connectivity index (χ0v) is 20.9. The Kier molecular flexibility index (Phi) is 5.44. The molecule has 0 aliphatic carbocycles. The van der Waals surface area contributed by atoms with E-state index in [1.807, 2.05) is 24.7 Å². The van der Waals surface area contributed by atoms with Crippen LogP contribution in [0.5, 0.6) is 0 Å². The number of rotatable bonds is 3. The molecule has 2 aromatic heterocycles. The van der Waals surface area contributed by atoms with Crippen molar-refractivity contribution in [3.8, 4) is 0 Å². The van der Waals surface area contributed by atoms with Crippen molar-refractivity contribution < 1.29 is 4.74 Å². The average molecular weight is 502 g/mol. The van der Waals surface area contributed by atoms with Gasteiger partial charge in [-0.1, -0.05) is 35.9 Å². The third-order valence-corrected chi connectivity index (χ3v) is 7.87. The van der Waals surface area contributed by atoms with Crippen LogP contribution in [0.2, 0.25) is 5.02 Å². The molecule has 0 bridgehead atoms. The van der Waals surface area contributed by atoms with Gasteiger partial charge in [0.25, 0.3) is 0 Å². The molecule has 8 nitrogen and oxygen atoms in total. The number of hydrogen-bond acceptors (Lipinski definition) is 7. The number of aromatic nitrogens is 4. The Bertz CT molecular complexity index is 1430. The first-order valence-electron chi connectivity index (χ1n) is 12.6. The Hall–Kier alpha value is -3.36. The SMILES string of the molecule is Clc1cccc2cccc(N3CCc4c(nc(N5CCOCC5)nc4N4CCn5cncc5C4)C3)c12. The summed E-state index contributed by atoms with van der Waals surface area (Å²) in [6.07, 6.45) is 4.79. The third-order valence-electron chi connectivity index (χ3n) is 7.56. The molecule has 0 unspecified atom stereocenters. The van der Waals surface area contributed by atoms with Crippen LogP contribution in [-0.4, -0.2) is 58.9 Å². The zero-order valence-electron chi connectivity index (χ0n) is 20.1. The smallest absolute Gasteiger partial charge is 0.227 e. The van der Waals surface area contributed by atoms with E-state index in [9.17, 15) is 0 Å². The number of fused-ring (bicyclic) bond motifs is 3. The molecule has 184 valence electrons. The minimum absolute atomic E-state index is 0.708. The molecule has 4 aromatic rings. The summed E-state index contributed by atoms with van der Waals surface area (Å²) in [5, 5.41) is 3.06. The van der Waals surface area contributed by atoms with Crippen LogP contribution in [0.25, 0.3) is 10.8 Å². The zero-order chi connectivity index (χ0) is 24.1. The summed E-state index contributed by atoms with van der Waals surface area (Å²) in [5.41, 5.74) is 4.77. The first kappa shape index (κ1) is 21.9. The molecule has 0 radical (unpaired) electrons. The average Bonchev–Trinajstić information content (AvgIpc) is 3.40. The maximum Gasteiger partial charge on any atom is 0.227 e. The highest BCUT2D eigenvalue weighted by Crippen LogP contribution is 2.37. The number of benzene rings is 2. The van der Waals surface area contributed by atoms with Gasteiger partial charge in [-0.3, -0.25) is 0 Å². The molecule has 0 amide bonds. The normalized spacial score (nSPS) is 17.9. The second kappa shape index (κ2) is 8.94. The number of nitrogens with zero attached hydrogens (tertiary/aromatic N) is 7. The van der Waals surface area contributed by atoms with Gasteiger partial charge in [0, 0.05) is 55.6 Å². The molecule has 5 heterocycles. The van der Waals surface area contributed by atoms with E-state index >= 15 is 0 Å². The van der Waals surface area contributed by atoms with Crippen molar-refractivity contribution in [1.29, 1.82) is 0 Å². The van der Waals surface area contributed by atoms with Crippen LogP contribution in [0.15, 0.2) is 48.9 Å². The van der Waals surface area contributed by atoms with E-state index < -0.39 is 0 Å². The summed E-state index contributed by atoms with van der Waals surface area (Å²) >= 11 is 6.68. The van der Waals surface area contributed by atoms with Gasteiger partial charge in [-0.25, -0.2) is 9.97 Å². The predicted molar refractivity (Wildman–Crippen MR) is 142 cm³/mol. The van der Waals surface area contributed by atoms with Crippen molar-refractivity contribution in [1.82, 2.24) is 19.5 Å². The summed E-state index contributed by atoms with van der Waals surface area (Å²) in [6, 6.07) is 12.5. The van der Waals surface area contributed by atoms with E-state index in [1.165, 1.54) is 16.9 Å². The molecule has 36 heavy (non-hydrogen) atoms.